The molecular formula is C9H8ClNO. The summed E-state index contributed by atoms with van der Waals surface area (Å²) in [5, 5.41) is 5.66. The second kappa shape index (κ2) is 2.79. The molecule has 2 nitrogen and oxygen atoms in total. The maximum absolute atomic E-state index is 5.84. The highest BCUT2D eigenvalue weighted by atomic mass is 35.5. The summed E-state index contributed by atoms with van der Waals surface area (Å²) in [4.78, 5) is 0. The molecule has 0 fully saturated rings. The maximum atomic E-state index is 5.84. The van der Waals surface area contributed by atoms with Crippen molar-refractivity contribution >= 4 is 22.6 Å². The van der Waals surface area contributed by atoms with Crippen LogP contribution in [0.3, 0.4) is 0 Å². The molecule has 0 N–H and O–H groups in total. The number of nitrogens with zero attached hydrogens (tertiary/aromatic N) is 1. The minimum Gasteiger partial charge on any atom is -0.356 e. The van der Waals surface area contributed by atoms with Crippen LogP contribution < -0.4 is 0 Å². The monoisotopic (exact) mass is 181 g/mol. The van der Waals surface area contributed by atoms with Gasteiger partial charge in [-0.05, 0) is 24.6 Å². The van der Waals surface area contributed by atoms with E-state index in [2.05, 4.69) is 5.16 Å². The summed E-state index contributed by atoms with van der Waals surface area (Å²) in [6.07, 6.45) is 0.868. The smallest absolute Gasteiger partial charge is 0.167 e. The fourth-order valence-electron chi connectivity index (χ4n) is 1.22. The van der Waals surface area contributed by atoms with Gasteiger partial charge in [0.05, 0.1) is 5.69 Å². The fraction of sp³-hybridized carbons (Fsp3) is 0.222. The zero-order valence-electron chi connectivity index (χ0n) is 6.67. The van der Waals surface area contributed by atoms with E-state index in [-0.39, 0.29) is 0 Å². The summed E-state index contributed by atoms with van der Waals surface area (Å²) in [7, 11) is 0. The summed E-state index contributed by atoms with van der Waals surface area (Å²) >= 11 is 5.84. The van der Waals surface area contributed by atoms with Crippen LogP contribution in [-0.2, 0) is 6.42 Å². The van der Waals surface area contributed by atoms with Crippen LogP contribution in [0.5, 0.6) is 0 Å². The Bertz CT molecular complexity index is 408. The van der Waals surface area contributed by atoms with Gasteiger partial charge in [0, 0.05) is 10.4 Å². The van der Waals surface area contributed by atoms with Gasteiger partial charge in [0.15, 0.2) is 5.58 Å². The van der Waals surface area contributed by atoms with E-state index in [0.717, 1.165) is 28.1 Å². The highest BCUT2D eigenvalue weighted by molar-refractivity contribution is 6.31. The van der Waals surface area contributed by atoms with E-state index >= 15 is 0 Å². The van der Waals surface area contributed by atoms with Gasteiger partial charge in [-0.2, -0.15) is 0 Å². The average molecular weight is 182 g/mol. The molecule has 12 heavy (non-hydrogen) atoms. The van der Waals surface area contributed by atoms with Gasteiger partial charge in [-0.3, -0.25) is 0 Å². The van der Waals surface area contributed by atoms with Crippen LogP contribution in [0.25, 0.3) is 11.0 Å². The third kappa shape index (κ3) is 1.08. The van der Waals surface area contributed by atoms with Crippen molar-refractivity contribution in [2.24, 2.45) is 0 Å². The van der Waals surface area contributed by atoms with Crippen LogP contribution in [0.2, 0.25) is 5.02 Å². The molecule has 0 atom stereocenters. The first kappa shape index (κ1) is 7.62. The Morgan fingerprint density at radius 3 is 3.08 bits per heavy atom. The lowest BCUT2D eigenvalue weighted by atomic mass is 10.2. The molecule has 2 aromatic rings. The Kier molecular flexibility index (Phi) is 1.77. The predicted octanol–water partition coefficient (Wildman–Crippen LogP) is 3.04. The van der Waals surface area contributed by atoms with E-state index in [4.69, 9.17) is 16.1 Å². The van der Waals surface area contributed by atoms with Crippen molar-refractivity contribution in [1.82, 2.24) is 5.16 Å². The molecule has 0 radical (unpaired) electrons. The lowest BCUT2D eigenvalue weighted by Gasteiger charge is -1.89. The van der Waals surface area contributed by atoms with E-state index < -0.39 is 0 Å². The third-order valence-corrected chi connectivity index (χ3v) is 2.08. The van der Waals surface area contributed by atoms with Crippen LogP contribution in [0.15, 0.2) is 22.7 Å². The van der Waals surface area contributed by atoms with Gasteiger partial charge in [-0.1, -0.05) is 23.7 Å². The SMILES string of the molecule is CCc1noc2ccc(Cl)cc12. The molecule has 0 saturated heterocycles. The van der Waals surface area contributed by atoms with Crippen LogP contribution in [0.1, 0.15) is 12.6 Å². The normalized spacial score (nSPS) is 10.8. The third-order valence-electron chi connectivity index (χ3n) is 1.84. The summed E-state index contributed by atoms with van der Waals surface area (Å²) in [5.74, 6) is 0. The Morgan fingerprint density at radius 1 is 1.50 bits per heavy atom. The second-order valence-electron chi connectivity index (χ2n) is 2.62. The Morgan fingerprint density at radius 2 is 2.33 bits per heavy atom. The number of benzene rings is 1. The van der Waals surface area contributed by atoms with Gasteiger partial charge in [0.25, 0.3) is 0 Å². The summed E-state index contributed by atoms with van der Waals surface area (Å²) in [6.45, 7) is 2.04. The maximum Gasteiger partial charge on any atom is 0.167 e. The number of aromatic nitrogens is 1. The first-order chi connectivity index (χ1) is 5.81. The molecule has 1 aromatic heterocycles. The highest BCUT2D eigenvalue weighted by Gasteiger charge is 2.05. The molecule has 3 heteroatoms. The van der Waals surface area contributed by atoms with Crippen LogP contribution in [0.4, 0.5) is 0 Å². The molecule has 1 heterocycles. The van der Waals surface area contributed by atoms with Crippen LogP contribution in [0, 0.1) is 0 Å². The Balaban J connectivity index is 2.75. The first-order valence-corrected chi connectivity index (χ1v) is 4.23. The van der Waals surface area contributed by atoms with E-state index in [1.807, 2.05) is 19.1 Å². The van der Waals surface area contributed by atoms with Gasteiger partial charge in [0.1, 0.15) is 0 Å². The summed E-state index contributed by atoms with van der Waals surface area (Å²) < 4.78 is 5.09. The number of hydrogen-bond donors (Lipinski definition) is 0. The molecule has 0 aliphatic carbocycles. The van der Waals surface area contributed by atoms with E-state index in [9.17, 15) is 0 Å². The molecule has 62 valence electrons. The molecular weight excluding hydrogens is 174 g/mol. The molecule has 0 unspecified atom stereocenters. The predicted molar refractivity (Wildman–Crippen MR) is 48.4 cm³/mol. The Labute approximate surface area is 75.1 Å². The van der Waals surface area contributed by atoms with Gasteiger partial charge in [-0.25, -0.2) is 0 Å². The molecule has 0 bridgehead atoms. The Hall–Kier alpha value is -1.02. The molecule has 0 amide bonds. The van der Waals surface area contributed by atoms with E-state index in [1.54, 1.807) is 6.07 Å². The van der Waals surface area contributed by atoms with Crippen molar-refractivity contribution < 1.29 is 4.52 Å². The van der Waals surface area contributed by atoms with Crippen molar-refractivity contribution in [3.05, 3.63) is 28.9 Å². The lowest BCUT2D eigenvalue weighted by Crippen LogP contribution is -1.78. The van der Waals surface area contributed by atoms with E-state index in [1.165, 1.54) is 0 Å². The molecule has 0 spiro atoms. The summed E-state index contributed by atoms with van der Waals surface area (Å²) in [6, 6.07) is 5.52. The largest absolute Gasteiger partial charge is 0.356 e. The average Bonchev–Trinajstić information content (AvgIpc) is 2.46. The minimum absolute atomic E-state index is 0.723. The fourth-order valence-corrected chi connectivity index (χ4v) is 1.39. The highest BCUT2D eigenvalue weighted by Crippen LogP contribution is 2.22. The second-order valence-corrected chi connectivity index (χ2v) is 3.06. The molecule has 1 aromatic carbocycles. The quantitative estimate of drug-likeness (QED) is 0.676. The van der Waals surface area contributed by atoms with Gasteiger partial charge in [-0.15, -0.1) is 0 Å². The van der Waals surface area contributed by atoms with Gasteiger partial charge < -0.3 is 4.52 Å². The number of fused-ring (bicyclic) bond motifs is 1. The molecule has 0 aliphatic heterocycles. The van der Waals surface area contributed by atoms with Gasteiger partial charge >= 0.3 is 0 Å². The van der Waals surface area contributed by atoms with Crippen LogP contribution in [-0.4, -0.2) is 5.16 Å². The topological polar surface area (TPSA) is 26.0 Å². The summed E-state index contributed by atoms with van der Waals surface area (Å²) in [5.41, 5.74) is 1.77. The first-order valence-electron chi connectivity index (χ1n) is 3.85. The van der Waals surface area contributed by atoms with Crippen molar-refractivity contribution in [3.8, 4) is 0 Å². The number of rotatable bonds is 1. The number of hydrogen-bond acceptors (Lipinski definition) is 2. The molecule has 0 saturated carbocycles. The number of halogens is 1. The lowest BCUT2D eigenvalue weighted by molar-refractivity contribution is 0.447. The van der Waals surface area contributed by atoms with Crippen LogP contribution >= 0.6 is 11.6 Å². The standard InChI is InChI=1S/C9H8ClNO/c1-2-8-7-5-6(10)3-4-9(7)12-11-8/h3-5H,2H2,1H3. The number of aryl methyl sites for hydroxylation is 1. The van der Waals surface area contributed by atoms with E-state index in [0.29, 0.717) is 0 Å². The zero-order valence-corrected chi connectivity index (χ0v) is 7.43. The van der Waals surface area contributed by atoms with Crippen molar-refractivity contribution in [2.75, 3.05) is 0 Å². The van der Waals surface area contributed by atoms with Crippen molar-refractivity contribution in [1.29, 1.82) is 0 Å². The van der Waals surface area contributed by atoms with Crippen molar-refractivity contribution in [3.63, 3.8) is 0 Å². The zero-order chi connectivity index (χ0) is 8.55. The van der Waals surface area contributed by atoms with Gasteiger partial charge in [0.2, 0.25) is 0 Å². The molecule has 0 aliphatic rings. The minimum atomic E-state index is 0.723. The molecule has 2 rings (SSSR count). The van der Waals surface area contributed by atoms with Crippen molar-refractivity contribution in [2.45, 2.75) is 13.3 Å².